The predicted molar refractivity (Wildman–Crippen MR) is 59.3 cm³/mol. The van der Waals surface area contributed by atoms with Gasteiger partial charge in [0.05, 0.1) is 17.1 Å². The first kappa shape index (κ1) is 10.2. The summed E-state index contributed by atoms with van der Waals surface area (Å²) in [4.78, 5) is 11.1. The molecule has 1 aromatic carbocycles. The van der Waals surface area contributed by atoms with Crippen LogP contribution in [0.3, 0.4) is 0 Å². The first-order chi connectivity index (χ1) is 7.57. The number of nitrogens with zero attached hydrogens (tertiary/aromatic N) is 2. The van der Waals surface area contributed by atoms with Crippen molar-refractivity contribution in [1.82, 2.24) is 4.57 Å². The van der Waals surface area contributed by atoms with Crippen LogP contribution in [0.15, 0.2) is 18.2 Å². The summed E-state index contributed by atoms with van der Waals surface area (Å²) in [6.45, 7) is 1.73. The van der Waals surface area contributed by atoms with E-state index >= 15 is 0 Å². The molecule has 0 bridgehead atoms. The second-order valence-corrected chi connectivity index (χ2v) is 3.65. The Hall–Kier alpha value is -2.28. The smallest absolute Gasteiger partial charge is 0.352 e. The Morgan fingerprint density at radius 2 is 2.19 bits per heavy atom. The molecule has 0 radical (unpaired) electrons. The van der Waals surface area contributed by atoms with Crippen molar-refractivity contribution in [3.63, 3.8) is 0 Å². The second kappa shape index (κ2) is 3.38. The van der Waals surface area contributed by atoms with Crippen molar-refractivity contribution < 1.29 is 9.90 Å². The molecule has 0 aliphatic rings. The molecule has 0 amide bonds. The highest BCUT2D eigenvalue weighted by molar-refractivity contribution is 6.00. The average Bonchev–Trinajstić information content (AvgIpc) is 2.51. The second-order valence-electron chi connectivity index (χ2n) is 3.65. The molecule has 0 aliphatic heterocycles. The molecule has 0 aliphatic carbocycles. The highest BCUT2D eigenvalue weighted by Gasteiger charge is 2.18. The van der Waals surface area contributed by atoms with Gasteiger partial charge in [0, 0.05) is 12.4 Å². The lowest BCUT2D eigenvalue weighted by Crippen LogP contribution is -2.05. The molecule has 0 unspecified atom stereocenters. The number of hydrogen-bond acceptors (Lipinski definition) is 2. The molecule has 2 rings (SSSR count). The van der Waals surface area contributed by atoms with E-state index in [1.165, 1.54) is 0 Å². The van der Waals surface area contributed by atoms with Crippen molar-refractivity contribution in [2.45, 2.75) is 6.92 Å². The predicted octanol–water partition coefficient (Wildman–Crippen LogP) is 2.06. The fourth-order valence-corrected chi connectivity index (χ4v) is 2.10. The molecule has 0 saturated carbocycles. The van der Waals surface area contributed by atoms with Gasteiger partial charge >= 0.3 is 5.97 Å². The van der Waals surface area contributed by atoms with E-state index in [9.17, 15) is 4.79 Å². The van der Waals surface area contributed by atoms with E-state index in [2.05, 4.69) is 6.07 Å². The summed E-state index contributed by atoms with van der Waals surface area (Å²) in [5.74, 6) is -0.972. The minimum atomic E-state index is -0.972. The normalized spacial score (nSPS) is 10.3. The molecule has 16 heavy (non-hydrogen) atoms. The van der Waals surface area contributed by atoms with Crippen LogP contribution in [-0.2, 0) is 7.05 Å². The van der Waals surface area contributed by atoms with Gasteiger partial charge in [-0.15, -0.1) is 0 Å². The van der Waals surface area contributed by atoms with Crippen molar-refractivity contribution in [3.05, 3.63) is 35.0 Å². The molecule has 1 aromatic heterocycles. The van der Waals surface area contributed by atoms with Crippen LogP contribution in [0.2, 0.25) is 0 Å². The Bertz CT molecular complexity index is 632. The average molecular weight is 214 g/mol. The molecule has 2 aromatic rings. The standard InChI is InChI=1S/C12H10N2O2/c1-7-10-8(6-13)4-3-5-9(10)14(2)11(7)12(15)16/h3-5H,1-2H3,(H,15,16). The third-order valence-electron chi connectivity index (χ3n) is 2.79. The van der Waals surface area contributed by atoms with Gasteiger partial charge in [0.25, 0.3) is 0 Å². The maximum atomic E-state index is 11.1. The number of carboxylic acid groups (broad SMARTS) is 1. The van der Waals surface area contributed by atoms with Crippen molar-refractivity contribution in [1.29, 1.82) is 5.26 Å². The zero-order valence-corrected chi connectivity index (χ0v) is 8.98. The minimum Gasteiger partial charge on any atom is -0.477 e. The van der Waals surface area contributed by atoms with Crippen LogP contribution in [0.4, 0.5) is 0 Å². The Kier molecular flexibility index (Phi) is 2.17. The quantitative estimate of drug-likeness (QED) is 0.790. The summed E-state index contributed by atoms with van der Waals surface area (Å²) >= 11 is 0. The third kappa shape index (κ3) is 1.18. The highest BCUT2D eigenvalue weighted by Crippen LogP contribution is 2.27. The van der Waals surface area contributed by atoms with Crippen molar-refractivity contribution in [2.24, 2.45) is 7.05 Å². The summed E-state index contributed by atoms with van der Waals surface area (Å²) in [5, 5.41) is 18.8. The van der Waals surface area contributed by atoms with Crippen molar-refractivity contribution in [3.8, 4) is 6.07 Å². The first-order valence-corrected chi connectivity index (χ1v) is 4.79. The largest absolute Gasteiger partial charge is 0.477 e. The Labute approximate surface area is 92.3 Å². The van der Waals surface area contributed by atoms with Crippen LogP contribution in [0.5, 0.6) is 0 Å². The maximum Gasteiger partial charge on any atom is 0.352 e. The Morgan fingerprint density at radius 3 is 2.75 bits per heavy atom. The van der Waals surface area contributed by atoms with E-state index in [-0.39, 0.29) is 5.69 Å². The number of rotatable bonds is 1. The van der Waals surface area contributed by atoms with Gasteiger partial charge in [-0.05, 0) is 24.6 Å². The molecule has 0 atom stereocenters. The molecule has 4 heteroatoms. The topological polar surface area (TPSA) is 66.0 Å². The van der Waals surface area contributed by atoms with Gasteiger partial charge in [-0.2, -0.15) is 5.26 Å². The number of fused-ring (bicyclic) bond motifs is 1. The molecular weight excluding hydrogens is 204 g/mol. The SMILES string of the molecule is Cc1c(C(=O)O)n(C)c2cccc(C#N)c12. The minimum absolute atomic E-state index is 0.234. The molecule has 0 saturated heterocycles. The monoisotopic (exact) mass is 214 g/mol. The van der Waals surface area contributed by atoms with E-state index in [0.717, 1.165) is 10.9 Å². The van der Waals surface area contributed by atoms with E-state index in [1.807, 2.05) is 6.07 Å². The summed E-state index contributed by atoms with van der Waals surface area (Å²) in [6.07, 6.45) is 0. The van der Waals surface area contributed by atoms with Crippen LogP contribution in [0.1, 0.15) is 21.6 Å². The number of carboxylic acids is 1. The number of benzene rings is 1. The molecule has 1 heterocycles. The van der Waals surface area contributed by atoms with E-state index in [4.69, 9.17) is 10.4 Å². The summed E-state index contributed by atoms with van der Waals surface area (Å²) in [5.41, 5.74) is 2.16. The molecular formula is C12H10N2O2. The Balaban J connectivity index is 3.01. The van der Waals surface area contributed by atoms with Crippen LogP contribution in [0, 0.1) is 18.3 Å². The zero-order valence-electron chi connectivity index (χ0n) is 8.98. The van der Waals surface area contributed by atoms with E-state index < -0.39 is 5.97 Å². The first-order valence-electron chi connectivity index (χ1n) is 4.79. The number of aromatic nitrogens is 1. The van der Waals surface area contributed by atoms with Gasteiger partial charge in [0.1, 0.15) is 5.69 Å². The number of aryl methyl sites for hydroxylation is 2. The third-order valence-corrected chi connectivity index (χ3v) is 2.79. The highest BCUT2D eigenvalue weighted by atomic mass is 16.4. The fourth-order valence-electron chi connectivity index (χ4n) is 2.10. The van der Waals surface area contributed by atoms with Gasteiger partial charge in [-0.25, -0.2) is 4.79 Å². The van der Waals surface area contributed by atoms with Crippen LogP contribution in [0.25, 0.3) is 10.9 Å². The number of aromatic carboxylic acids is 1. The lowest BCUT2D eigenvalue weighted by molar-refractivity contribution is 0.0686. The zero-order chi connectivity index (χ0) is 11.9. The van der Waals surface area contributed by atoms with Gasteiger partial charge in [-0.1, -0.05) is 6.07 Å². The molecule has 1 N–H and O–H groups in total. The number of nitriles is 1. The van der Waals surface area contributed by atoms with Crippen LogP contribution < -0.4 is 0 Å². The van der Waals surface area contributed by atoms with Crippen LogP contribution in [-0.4, -0.2) is 15.6 Å². The van der Waals surface area contributed by atoms with Gasteiger partial charge in [0.15, 0.2) is 0 Å². The molecule has 4 nitrogen and oxygen atoms in total. The number of hydrogen-bond donors (Lipinski definition) is 1. The Morgan fingerprint density at radius 1 is 1.50 bits per heavy atom. The van der Waals surface area contributed by atoms with Gasteiger partial charge in [0.2, 0.25) is 0 Å². The van der Waals surface area contributed by atoms with E-state index in [1.54, 1.807) is 30.7 Å². The molecule has 80 valence electrons. The van der Waals surface area contributed by atoms with Gasteiger partial charge < -0.3 is 9.67 Å². The van der Waals surface area contributed by atoms with Crippen molar-refractivity contribution >= 4 is 16.9 Å². The van der Waals surface area contributed by atoms with Crippen LogP contribution >= 0.6 is 0 Å². The summed E-state index contributed by atoms with van der Waals surface area (Å²) in [6, 6.07) is 7.35. The molecule has 0 spiro atoms. The lowest BCUT2D eigenvalue weighted by Gasteiger charge is -1.98. The fraction of sp³-hybridized carbons (Fsp3) is 0.167. The van der Waals surface area contributed by atoms with Crippen molar-refractivity contribution in [2.75, 3.05) is 0 Å². The van der Waals surface area contributed by atoms with Gasteiger partial charge in [-0.3, -0.25) is 0 Å². The number of carbonyl (C=O) groups is 1. The molecule has 0 fully saturated rings. The maximum absolute atomic E-state index is 11.1. The summed E-state index contributed by atoms with van der Waals surface area (Å²) in [7, 11) is 1.69. The van der Waals surface area contributed by atoms with E-state index in [0.29, 0.717) is 11.1 Å². The summed E-state index contributed by atoms with van der Waals surface area (Å²) < 4.78 is 1.60. The lowest BCUT2D eigenvalue weighted by atomic mass is 10.1.